The lowest BCUT2D eigenvalue weighted by Gasteiger charge is -2.36. The van der Waals surface area contributed by atoms with Gasteiger partial charge in [0.15, 0.2) is 11.5 Å². The van der Waals surface area contributed by atoms with Crippen molar-refractivity contribution in [2.75, 3.05) is 32.6 Å². The second-order valence-corrected chi connectivity index (χ2v) is 13.8. The van der Waals surface area contributed by atoms with Crippen molar-refractivity contribution in [3.05, 3.63) is 53.6 Å². The van der Waals surface area contributed by atoms with E-state index in [9.17, 15) is 24.0 Å². The molecule has 12 nitrogen and oxygen atoms in total. The number of anilines is 1. The molecule has 0 unspecified atom stereocenters. The number of piperidine rings is 1. The van der Waals surface area contributed by atoms with Gasteiger partial charge >= 0.3 is 12.1 Å². The molecule has 1 saturated heterocycles. The number of hydrogen-bond acceptors (Lipinski definition) is 9. The minimum atomic E-state index is -0.900. The van der Waals surface area contributed by atoms with Gasteiger partial charge in [0.2, 0.25) is 11.7 Å². The molecule has 0 saturated carbocycles. The fourth-order valence-electron chi connectivity index (χ4n) is 5.33. The molecule has 2 aromatic rings. The van der Waals surface area contributed by atoms with E-state index in [1.165, 1.54) is 4.90 Å². The van der Waals surface area contributed by atoms with E-state index in [1.54, 1.807) is 79.2 Å². The lowest BCUT2D eigenvalue weighted by atomic mass is 9.84. The zero-order valence-electron chi connectivity index (χ0n) is 30.0. The predicted molar refractivity (Wildman–Crippen MR) is 184 cm³/mol. The van der Waals surface area contributed by atoms with Crippen molar-refractivity contribution in [1.29, 1.82) is 0 Å². The van der Waals surface area contributed by atoms with Gasteiger partial charge in [0.05, 0.1) is 14.2 Å². The molecule has 0 aliphatic carbocycles. The van der Waals surface area contributed by atoms with Gasteiger partial charge in [-0.1, -0.05) is 39.0 Å². The van der Waals surface area contributed by atoms with E-state index in [2.05, 4.69) is 10.6 Å². The number of alkyl carbamates (subject to hydrolysis) is 1. The lowest BCUT2D eigenvalue weighted by molar-refractivity contribution is -0.164. The molecular weight excluding hydrogens is 630 g/mol. The third-order valence-corrected chi connectivity index (χ3v) is 8.46. The predicted octanol–water partition coefficient (Wildman–Crippen LogP) is 5.77. The van der Waals surface area contributed by atoms with E-state index in [-0.39, 0.29) is 6.54 Å². The molecule has 0 radical (unpaired) electrons. The van der Waals surface area contributed by atoms with Crippen LogP contribution in [0.25, 0.3) is 0 Å². The smallest absolute Gasteiger partial charge is 0.408 e. The molecule has 2 N–H and O–H groups in total. The quantitative estimate of drug-likeness (QED) is 0.187. The first-order valence-electron chi connectivity index (χ1n) is 16.7. The van der Waals surface area contributed by atoms with Crippen molar-refractivity contribution in [3.63, 3.8) is 0 Å². The van der Waals surface area contributed by atoms with E-state index in [0.717, 1.165) is 5.56 Å². The summed E-state index contributed by atoms with van der Waals surface area (Å²) >= 11 is 0. The SMILES string of the molecule is CCC(C)(C)C(=O)C(=O)N1CCCC[C@H]1C(=O)O[C@H](CCc1ccc(OC)c(OC)c1)c1cccc(NC(=O)CNC(=O)OC(C)(C)C)c1. The number of rotatable bonds is 14. The first-order chi connectivity index (χ1) is 23.1. The molecule has 0 spiro atoms. The number of nitrogens with zero attached hydrogens (tertiary/aromatic N) is 1. The standard InChI is InChI=1S/C37H51N3O9/c1-9-37(5,6)32(42)33(43)40-20-11-10-15-27(40)34(44)48-28(18-16-24-17-19-29(46-7)30(21-24)47-8)25-13-12-14-26(22-25)39-31(41)23-38-35(45)49-36(2,3)4/h12-14,17,19,21-22,27-28H,9-11,15-16,18,20,23H2,1-8H3,(H,38,45)(H,39,41)/t27-,28+/m0/s1. The van der Waals surface area contributed by atoms with Gasteiger partial charge < -0.3 is 34.5 Å². The van der Waals surface area contributed by atoms with E-state index in [0.29, 0.717) is 67.8 Å². The van der Waals surface area contributed by atoms with Gasteiger partial charge in [-0.2, -0.15) is 0 Å². The maximum atomic E-state index is 13.9. The number of ketones is 1. The number of carbonyl (C=O) groups excluding carboxylic acids is 5. The molecule has 1 fully saturated rings. The Morgan fingerprint density at radius 1 is 0.939 bits per heavy atom. The first kappa shape index (κ1) is 38.8. The number of amides is 3. The fraction of sp³-hybridized carbons (Fsp3) is 0.541. The maximum absolute atomic E-state index is 13.9. The van der Waals surface area contributed by atoms with Crippen LogP contribution >= 0.6 is 0 Å². The van der Waals surface area contributed by atoms with Crippen molar-refractivity contribution in [2.24, 2.45) is 5.41 Å². The number of ether oxygens (including phenoxy) is 4. The lowest BCUT2D eigenvalue weighted by Crippen LogP contribution is -2.53. The van der Waals surface area contributed by atoms with Gasteiger partial charge in [0, 0.05) is 17.6 Å². The minimum absolute atomic E-state index is 0.291. The number of hydrogen-bond donors (Lipinski definition) is 2. The summed E-state index contributed by atoms with van der Waals surface area (Å²) in [6.45, 7) is 10.5. The molecule has 2 atom stereocenters. The summed E-state index contributed by atoms with van der Waals surface area (Å²) in [7, 11) is 3.11. The molecule has 0 bridgehead atoms. The van der Waals surface area contributed by atoms with E-state index < -0.39 is 52.8 Å². The minimum Gasteiger partial charge on any atom is -0.493 e. The number of Topliss-reactive ketones (excluding diaryl/α,β-unsaturated/α-hetero) is 1. The number of likely N-dealkylation sites (tertiary alicyclic amines) is 1. The maximum Gasteiger partial charge on any atom is 0.408 e. The van der Waals surface area contributed by atoms with Gasteiger partial charge in [-0.25, -0.2) is 9.59 Å². The Morgan fingerprint density at radius 2 is 1.65 bits per heavy atom. The Bertz CT molecular complexity index is 1500. The van der Waals surface area contributed by atoms with E-state index in [4.69, 9.17) is 18.9 Å². The molecule has 0 aromatic heterocycles. The molecular formula is C37H51N3O9. The molecule has 1 aliphatic heterocycles. The average molecular weight is 682 g/mol. The third kappa shape index (κ3) is 11.2. The molecule has 1 aliphatic rings. The Morgan fingerprint density at radius 3 is 2.31 bits per heavy atom. The Labute approximate surface area is 289 Å². The zero-order valence-corrected chi connectivity index (χ0v) is 30.0. The highest BCUT2D eigenvalue weighted by molar-refractivity contribution is 6.38. The molecule has 3 amide bonds. The van der Waals surface area contributed by atoms with Crippen molar-refractivity contribution >= 4 is 35.3 Å². The second-order valence-electron chi connectivity index (χ2n) is 13.8. The number of nitrogens with one attached hydrogen (secondary N) is 2. The van der Waals surface area contributed by atoms with Gasteiger partial charge in [-0.15, -0.1) is 0 Å². The normalized spacial score (nSPS) is 15.4. The highest BCUT2D eigenvalue weighted by Crippen LogP contribution is 2.32. The summed E-state index contributed by atoms with van der Waals surface area (Å²) in [5.74, 6) is -1.11. The average Bonchev–Trinajstić information content (AvgIpc) is 3.07. The van der Waals surface area contributed by atoms with Crippen molar-refractivity contribution < 1.29 is 42.9 Å². The number of methoxy groups -OCH3 is 2. The fourth-order valence-corrected chi connectivity index (χ4v) is 5.33. The van der Waals surface area contributed by atoms with Gasteiger partial charge in [-0.3, -0.25) is 14.4 Å². The van der Waals surface area contributed by atoms with Crippen LogP contribution in [0, 0.1) is 5.41 Å². The molecule has 268 valence electrons. The van der Waals surface area contributed by atoms with Crippen molar-refractivity contribution in [1.82, 2.24) is 10.2 Å². The zero-order chi connectivity index (χ0) is 36.4. The van der Waals surface area contributed by atoms with E-state index >= 15 is 0 Å². The monoisotopic (exact) mass is 681 g/mol. The molecule has 3 rings (SSSR count). The molecule has 2 aromatic carbocycles. The van der Waals surface area contributed by atoms with Gasteiger partial charge in [-0.05, 0) is 94.7 Å². The summed E-state index contributed by atoms with van der Waals surface area (Å²) in [5.41, 5.74) is 0.407. The van der Waals surface area contributed by atoms with Crippen LogP contribution in [0.3, 0.4) is 0 Å². The Kier molecular flexibility index (Phi) is 13.6. The summed E-state index contributed by atoms with van der Waals surface area (Å²) in [4.78, 5) is 66.4. The molecule has 12 heteroatoms. The number of benzene rings is 2. The number of aryl methyl sites for hydroxylation is 1. The Balaban J connectivity index is 1.84. The van der Waals surface area contributed by atoms with Crippen LogP contribution in [0.4, 0.5) is 10.5 Å². The number of carbonyl (C=O) groups is 5. The summed E-state index contributed by atoms with van der Waals surface area (Å²) in [6.07, 6.45) is 1.64. The second kappa shape index (κ2) is 17.2. The summed E-state index contributed by atoms with van der Waals surface area (Å²) < 4.78 is 22.2. The summed E-state index contributed by atoms with van der Waals surface area (Å²) in [5, 5.41) is 5.19. The van der Waals surface area contributed by atoms with Crippen LogP contribution in [0.1, 0.15) is 90.9 Å². The van der Waals surface area contributed by atoms with Crippen LogP contribution in [0.2, 0.25) is 0 Å². The summed E-state index contributed by atoms with van der Waals surface area (Å²) in [6, 6.07) is 11.6. The van der Waals surface area contributed by atoms with Gasteiger partial charge in [0.25, 0.3) is 5.91 Å². The number of esters is 1. The molecule has 49 heavy (non-hydrogen) atoms. The van der Waals surface area contributed by atoms with Crippen LogP contribution in [0.5, 0.6) is 11.5 Å². The topological polar surface area (TPSA) is 150 Å². The van der Waals surface area contributed by atoms with Crippen molar-refractivity contribution in [3.8, 4) is 11.5 Å². The van der Waals surface area contributed by atoms with E-state index in [1.807, 2.05) is 19.1 Å². The van der Waals surface area contributed by atoms with Crippen LogP contribution in [-0.2, 0) is 35.1 Å². The van der Waals surface area contributed by atoms with Crippen LogP contribution in [-0.4, -0.2) is 73.5 Å². The largest absolute Gasteiger partial charge is 0.493 e. The van der Waals surface area contributed by atoms with Crippen LogP contribution < -0.4 is 20.1 Å². The van der Waals surface area contributed by atoms with Gasteiger partial charge in [0.1, 0.15) is 24.3 Å². The first-order valence-corrected chi connectivity index (χ1v) is 16.7. The molecule has 1 heterocycles. The Hall–Kier alpha value is -4.61. The highest BCUT2D eigenvalue weighted by atomic mass is 16.6. The highest BCUT2D eigenvalue weighted by Gasteiger charge is 2.41. The van der Waals surface area contributed by atoms with Crippen LogP contribution in [0.15, 0.2) is 42.5 Å². The van der Waals surface area contributed by atoms with Crippen molar-refractivity contribution in [2.45, 2.75) is 97.8 Å². The third-order valence-electron chi connectivity index (χ3n) is 8.46.